The zero-order chi connectivity index (χ0) is 22.9. The number of halogens is 1. The molecule has 1 aliphatic heterocycles. The zero-order valence-electron chi connectivity index (χ0n) is 19.9. The summed E-state index contributed by atoms with van der Waals surface area (Å²) in [6.45, 7) is 6.66. The van der Waals surface area contributed by atoms with Crippen LogP contribution in [0.15, 0.2) is 84.9 Å². The van der Waals surface area contributed by atoms with E-state index in [2.05, 4.69) is 53.4 Å². The Hall–Kier alpha value is -2.37. The Labute approximate surface area is 209 Å². The van der Waals surface area contributed by atoms with Gasteiger partial charge < -0.3 is 14.6 Å². The predicted molar refractivity (Wildman–Crippen MR) is 140 cm³/mol. The summed E-state index contributed by atoms with van der Waals surface area (Å²) >= 11 is 0. The summed E-state index contributed by atoms with van der Waals surface area (Å²) in [5, 5.41) is 12.5. The van der Waals surface area contributed by atoms with Crippen LogP contribution in [-0.4, -0.2) is 49.5 Å². The lowest BCUT2D eigenvalue weighted by Gasteiger charge is -2.41. The van der Waals surface area contributed by atoms with Gasteiger partial charge in [-0.3, -0.25) is 4.90 Å². The van der Waals surface area contributed by atoms with Crippen LogP contribution < -0.4 is 4.74 Å². The first-order valence-electron chi connectivity index (χ1n) is 12.0. The Morgan fingerprint density at radius 1 is 0.912 bits per heavy atom. The Balaban J connectivity index is 0.00000324. The van der Waals surface area contributed by atoms with E-state index in [-0.39, 0.29) is 18.3 Å². The summed E-state index contributed by atoms with van der Waals surface area (Å²) in [4.78, 5) is 2.42. The first-order valence-corrected chi connectivity index (χ1v) is 12.0. The van der Waals surface area contributed by atoms with E-state index in [0.717, 1.165) is 56.1 Å². The molecule has 3 aromatic rings. The molecule has 34 heavy (non-hydrogen) atoms. The molecule has 3 aromatic carbocycles. The van der Waals surface area contributed by atoms with Gasteiger partial charge in [0.2, 0.25) is 0 Å². The normalized spacial score (nSPS) is 16.8. The Kier molecular flexibility index (Phi) is 9.97. The van der Waals surface area contributed by atoms with Crippen molar-refractivity contribution in [2.75, 3.05) is 39.5 Å². The number of benzene rings is 3. The third-order valence-corrected chi connectivity index (χ3v) is 6.63. The second-order valence-corrected chi connectivity index (χ2v) is 8.74. The van der Waals surface area contributed by atoms with Crippen molar-refractivity contribution in [3.05, 3.63) is 102 Å². The van der Waals surface area contributed by atoms with Crippen LogP contribution in [0.4, 0.5) is 0 Å². The van der Waals surface area contributed by atoms with E-state index in [9.17, 15) is 5.11 Å². The first-order chi connectivity index (χ1) is 16.2. The van der Waals surface area contributed by atoms with Crippen molar-refractivity contribution in [2.24, 2.45) is 0 Å². The molecule has 0 bridgehead atoms. The number of hydrogen-bond acceptors (Lipinski definition) is 4. The highest BCUT2D eigenvalue weighted by Gasteiger charge is 2.40. The fraction of sp³-hybridized carbons (Fsp3) is 0.379. The van der Waals surface area contributed by atoms with Crippen molar-refractivity contribution in [3.8, 4) is 5.75 Å². The number of morpholine rings is 1. The number of aryl methyl sites for hydroxylation is 1. The lowest BCUT2D eigenvalue weighted by atomic mass is 9.73. The van der Waals surface area contributed by atoms with Crippen LogP contribution in [0.5, 0.6) is 5.75 Å². The number of rotatable bonds is 10. The number of nitrogens with zero attached hydrogens (tertiary/aromatic N) is 1. The molecule has 5 heteroatoms. The van der Waals surface area contributed by atoms with Gasteiger partial charge in [0.25, 0.3) is 0 Å². The van der Waals surface area contributed by atoms with Gasteiger partial charge in [0.1, 0.15) is 5.75 Å². The molecule has 1 fully saturated rings. The van der Waals surface area contributed by atoms with Crippen LogP contribution in [0.3, 0.4) is 0 Å². The van der Waals surface area contributed by atoms with E-state index in [4.69, 9.17) is 9.47 Å². The van der Waals surface area contributed by atoms with E-state index in [0.29, 0.717) is 13.0 Å². The van der Waals surface area contributed by atoms with Crippen molar-refractivity contribution < 1.29 is 14.6 Å². The molecular weight excluding hydrogens is 446 g/mol. The molecule has 0 amide bonds. The summed E-state index contributed by atoms with van der Waals surface area (Å²) < 4.78 is 11.2. The molecule has 0 aromatic heterocycles. The molecule has 0 radical (unpaired) electrons. The van der Waals surface area contributed by atoms with Crippen LogP contribution >= 0.6 is 12.4 Å². The predicted octanol–water partition coefficient (Wildman–Crippen LogP) is 5.44. The van der Waals surface area contributed by atoms with Gasteiger partial charge in [-0.25, -0.2) is 0 Å². The van der Waals surface area contributed by atoms with Crippen LogP contribution in [0, 0.1) is 0 Å². The maximum atomic E-state index is 12.5. The average molecular weight is 482 g/mol. The van der Waals surface area contributed by atoms with Gasteiger partial charge in [-0.15, -0.1) is 12.4 Å². The molecule has 182 valence electrons. The molecule has 4 rings (SSSR count). The van der Waals surface area contributed by atoms with Gasteiger partial charge in [0.05, 0.1) is 25.4 Å². The number of aliphatic hydroxyl groups is 1. The molecule has 4 nitrogen and oxygen atoms in total. The lowest BCUT2D eigenvalue weighted by Crippen LogP contribution is -2.45. The molecule has 1 heterocycles. The molecule has 0 aliphatic carbocycles. The Bertz CT molecular complexity index is 962. The first kappa shape index (κ1) is 26.2. The second-order valence-electron chi connectivity index (χ2n) is 8.74. The summed E-state index contributed by atoms with van der Waals surface area (Å²) in [7, 11) is 0. The second kappa shape index (κ2) is 12.9. The van der Waals surface area contributed by atoms with E-state index in [1.54, 1.807) is 0 Å². The maximum absolute atomic E-state index is 12.5. The Morgan fingerprint density at radius 2 is 1.53 bits per heavy atom. The van der Waals surface area contributed by atoms with Crippen LogP contribution in [0.1, 0.15) is 36.0 Å². The van der Waals surface area contributed by atoms with Gasteiger partial charge >= 0.3 is 0 Å². The highest BCUT2D eigenvalue weighted by Crippen LogP contribution is 2.42. The SMILES string of the molecule is CCOc1ccc(C(O)(CCc2ccccc2)C(CN2CCOCC2)c2ccccc2)cc1.Cl. The third-order valence-electron chi connectivity index (χ3n) is 6.63. The third kappa shape index (κ3) is 6.61. The minimum absolute atomic E-state index is 0. The summed E-state index contributed by atoms with van der Waals surface area (Å²) in [6, 6.07) is 28.9. The Morgan fingerprint density at radius 3 is 2.15 bits per heavy atom. The summed E-state index contributed by atoms with van der Waals surface area (Å²) in [6.07, 6.45) is 1.44. The standard InChI is InChI=1S/C29H35NO3.ClH/c1-2-33-27-15-13-26(14-16-27)29(31,18-17-24-9-5-3-6-10-24)28(25-11-7-4-8-12-25)23-30-19-21-32-22-20-30;/h3-16,28,31H,2,17-23H2,1H3;1H. The quantitative estimate of drug-likeness (QED) is 0.418. The van der Waals surface area contributed by atoms with Gasteiger partial charge in [-0.2, -0.15) is 0 Å². The molecule has 1 saturated heterocycles. The average Bonchev–Trinajstić information content (AvgIpc) is 2.88. The van der Waals surface area contributed by atoms with E-state index in [1.807, 2.05) is 43.3 Å². The fourth-order valence-corrected chi connectivity index (χ4v) is 4.77. The van der Waals surface area contributed by atoms with Crippen LogP contribution in [-0.2, 0) is 16.8 Å². The summed E-state index contributed by atoms with van der Waals surface area (Å²) in [5.74, 6) is 0.759. The number of ether oxygens (including phenoxy) is 2. The van der Waals surface area contributed by atoms with Gasteiger partial charge in [0, 0.05) is 25.6 Å². The fourth-order valence-electron chi connectivity index (χ4n) is 4.77. The topological polar surface area (TPSA) is 41.9 Å². The van der Waals surface area contributed by atoms with Gasteiger partial charge in [0.15, 0.2) is 0 Å². The van der Waals surface area contributed by atoms with E-state index < -0.39 is 5.60 Å². The highest BCUT2D eigenvalue weighted by molar-refractivity contribution is 5.85. The van der Waals surface area contributed by atoms with Crippen molar-refractivity contribution in [1.82, 2.24) is 4.90 Å². The lowest BCUT2D eigenvalue weighted by molar-refractivity contribution is -0.0279. The summed E-state index contributed by atoms with van der Waals surface area (Å²) in [5.41, 5.74) is 2.30. The smallest absolute Gasteiger partial charge is 0.119 e. The molecule has 1 aliphatic rings. The monoisotopic (exact) mass is 481 g/mol. The van der Waals surface area contributed by atoms with Gasteiger partial charge in [-0.05, 0) is 48.6 Å². The van der Waals surface area contributed by atoms with Crippen LogP contribution in [0.25, 0.3) is 0 Å². The van der Waals surface area contributed by atoms with Crippen molar-refractivity contribution >= 4 is 12.4 Å². The molecule has 2 unspecified atom stereocenters. The largest absolute Gasteiger partial charge is 0.494 e. The van der Waals surface area contributed by atoms with Gasteiger partial charge in [-0.1, -0.05) is 72.8 Å². The minimum atomic E-state index is -1.03. The maximum Gasteiger partial charge on any atom is 0.119 e. The minimum Gasteiger partial charge on any atom is -0.494 e. The van der Waals surface area contributed by atoms with E-state index in [1.165, 1.54) is 5.56 Å². The molecule has 1 N–H and O–H groups in total. The molecular formula is C29H36ClNO3. The number of hydrogen-bond donors (Lipinski definition) is 1. The zero-order valence-corrected chi connectivity index (χ0v) is 20.8. The van der Waals surface area contributed by atoms with Crippen molar-refractivity contribution in [1.29, 1.82) is 0 Å². The van der Waals surface area contributed by atoms with Crippen LogP contribution in [0.2, 0.25) is 0 Å². The molecule has 2 atom stereocenters. The highest BCUT2D eigenvalue weighted by atomic mass is 35.5. The molecule has 0 spiro atoms. The van der Waals surface area contributed by atoms with Crippen molar-refractivity contribution in [2.45, 2.75) is 31.3 Å². The van der Waals surface area contributed by atoms with Crippen molar-refractivity contribution in [3.63, 3.8) is 0 Å². The molecule has 0 saturated carbocycles. The van der Waals surface area contributed by atoms with E-state index >= 15 is 0 Å².